The molecule has 0 unspecified atom stereocenters. The Morgan fingerprint density at radius 2 is 1.63 bits per heavy atom. The van der Waals surface area contributed by atoms with E-state index in [-0.39, 0.29) is 17.6 Å². The Morgan fingerprint density at radius 1 is 1.00 bits per heavy atom. The topological polar surface area (TPSA) is 98.7 Å². The van der Waals surface area contributed by atoms with Crippen LogP contribution in [0.2, 0.25) is 0 Å². The van der Waals surface area contributed by atoms with Crippen molar-refractivity contribution < 1.29 is 19.8 Å². The Hall–Kier alpha value is -2.86. The number of carboxylic acid groups (broad SMARTS) is 1. The second kappa shape index (κ2) is 8.22. The Morgan fingerprint density at radius 3 is 2.22 bits per heavy atom. The van der Waals surface area contributed by atoms with Crippen molar-refractivity contribution in [3.63, 3.8) is 0 Å². The van der Waals surface area contributed by atoms with Crippen LogP contribution < -0.4 is 10.6 Å². The quantitative estimate of drug-likeness (QED) is 0.652. The highest BCUT2D eigenvalue weighted by Gasteiger charge is 2.35. The number of carbonyl (C=O) groups excluding carboxylic acids is 1. The Kier molecular flexibility index (Phi) is 5.76. The predicted octanol–water partition coefficient (Wildman–Crippen LogP) is 3.01. The summed E-state index contributed by atoms with van der Waals surface area (Å²) in [4.78, 5) is 23.0. The summed E-state index contributed by atoms with van der Waals surface area (Å²) < 4.78 is 0. The van der Waals surface area contributed by atoms with Crippen molar-refractivity contribution in [1.82, 2.24) is 10.6 Å². The lowest BCUT2D eigenvalue weighted by atomic mass is 9.78. The molecule has 6 nitrogen and oxygen atoms in total. The van der Waals surface area contributed by atoms with E-state index in [1.54, 1.807) is 12.1 Å². The van der Waals surface area contributed by atoms with E-state index in [4.69, 9.17) is 5.11 Å². The number of carboxylic acids is 1. The van der Waals surface area contributed by atoms with Crippen LogP contribution in [0.15, 0.2) is 54.6 Å². The van der Waals surface area contributed by atoms with Gasteiger partial charge < -0.3 is 20.8 Å². The minimum absolute atomic E-state index is 0.0309. The zero-order chi connectivity index (χ0) is 19.3. The van der Waals surface area contributed by atoms with Crippen LogP contribution in [-0.4, -0.2) is 28.3 Å². The van der Waals surface area contributed by atoms with Gasteiger partial charge in [0.2, 0.25) is 0 Å². The zero-order valence-electron chi connectivity index (χ0n) is 15.0. The van der Waals surface area contributed by atoms with Gasteiger partial charge in [-0.15, -0.1) is 0 Å². The second-order valence-corrected chi connectivity index (χ2v) is 7.00. The summed E-state index contributed by atoms with van der Waals surface area (Å²) in [6.07, 6.45) is 2.65. The van der Waals surface area contributed by atoms with E-state index >= 15 is 0 Å². The van der Waals surface area contributed by atoms with Gasteiger partial charge in [-0.05, 0) is 48.9 Å². The molecule has 0 saturated heterocycles. The molecule has 2 amide bonds. The van der Waals surface area contributed by atoms with Crippen molar-refractivity contribution in [3.8, 4) is 0 Å². The van der Waals surface area contributed by atoms with Crippen molar-refractivity contribution in [2.24, 2.45) is 0 Å². The molecule has 1 saturated carbocycles. The normalized spacial score (nSPS) is 22.0. The van der Waals surface area contributed by atoms with Crippen LogP contribution in [0.1, 0.15) is 47.2 Å². The van der Waals surface area contributed by atoms with Crippen molar-refractivity contribution in [2.45, 2.75) is 43.9 Å². The molecule has 1 fully saturated rings. The van der Waals surface area contributed by atoms with Crippen molar-refractivity contribution in [3.05, 3.63) is 71.3 Å². The lowest BCUT2D eigenvalue weighted by Crippen LogP contribution is -2.45. The lowest BCUT2D eigenvalue weighted by Gasteiger charge is -2.36. The zero-order valence-corrected chi connectivity index (χ0v) is 15.0. The highest BCUT2D eigenvalue weighted by Crippen LogP contribution is 2.36. The van der Waals surface area contributed by atoms with E-state index in [2.05, 4.69) is 10.6 Å². The number of benzene rings is 2. The molecule has 0 aromatic heterocycles. The summed E-state index contributed by atoms with van der Waals surface area (Å²) in [5, 5.41) is 25.5. The van der Waals surface area contributed by atoms with Crippen LogP contribution in [0.25, 0.3) is 0 Å². The summed E-state index contributed by atoms with van der Waals surface area (Å²) in [6.45, 7) is 0.326. The van der Waals surface area contributed by atoms with Gasteiger partial charge in [0.25, 0.3) is 0 Å². The number of nitrogens with one attached hydrogen (secondary N) is 2. The number of aromatic carboxylic acids is 1. The summed E-state index contributed by atoms with van der Waals surface area (Å²) in [6, 6.07) is 15.8. The molecule has 2 aromatic rings. The molecule has 0 aliphatic heterocycles. The number of urea groups is 1. The minimum Gasteiger partial charge on any atom is -0.478 e. The maximum atomic E-state index is 12.1. The van der Waals surface area contributed by atoms with Crippen LogP contribution in [0.5, 0.6) is 0 Å². The SMILES string of the molecule is O=C(NCc1ccc(C(=O)O)cc1)NC1CCC(O)(c2ccccc2)CC1. The molecule has 0 heterocycles. The maximum absolute atomic E-state index is 12.1. The number of amides is 2. The molecule has 3 rings (SSSR count). The summed E-state index contributed by atoms with van der Waals surface area (Å²) in [7, 11) is 0. The first-order valence-electron chi connectivity index (χ1n) is 9.11. The van der Waals surface area contributed by atoms with Crippen LogP contribution in [0.3, 0.4) is 0 Å². The van der Waals surface area contributed by atoms with Gasteiger partial charge in [-0.2, -0.15) is 0 Å². The number of aliphatic hydroxyl groups is 1. The number of rotatable bonds is 5. The van der Waals surface area contributed by atoms with Gasteiger partial charge >= 0.3 is 12.0 Å². The van der Waals surface area contributed by atoms with Crippen LogP contribution in [0, 0.1) is 0 Å². The molecule has 0 bridgehead atoms. The molecule has 2 aromatic carbocycles. The van der Waals surface area contributed by atoms with Crippen molar-refractivity contribution in [2.75, 3.05) is 0 Å². The monoisotopic (exact) mass is 368 g/mol. The Bertz CT molecular complexity index is 782. The van der Waals surface area contributed by atoms with Crippen LogP contribution >= 0.6 is 0 Å². The first-order valence-corrected chi connectivity index (χ1v) is 9.11. The van der Waals surface area contributed by atoms with Gasteiger partial charge in [-0.25, -0.2) is 9.59 Å². The van der Waals surface area contributed by atoms with E-state index in [0.29, 0.717) is 32.2 Å². The number of hydrogen-bond acceptors (Lipinski definition) is 3. The van der Waals surface area contributed by atoms with E-state index < -0.39 is 11.6 Å². The average Bonchev–Trinajstić information content (AvgIpc) is 2.69. The van der Waals surface area contributed by atoms with Gasteiger partial charge in [0.1, 0.15) is 0 Å². The third-order valence-electron chi connectivity index (χ3n) is 5.11. The number of carbonyl (C=O) groups is 2. The second-order valence-electron chi connectivity index (χ2n) is 7.00. The summed E-state index contributed by atoms with van der Waals surface area (Å²) >= 11 is 0. The van der Waals surface area contributed by atoms with Gasteiger partial charge in [0.15, 0.2) is 0 Å². The van der Waals surface area contributed by atoms with Gasteiger partial charge in [-0.3, -0.25) is 0 Å². The van der Waals surface area contributed by atoms with Gasteiger partial charge in [0, 0.05) is 12.6 Å². The minimum atomic E-state index is -0.972. The van der Waals surface area contributed by atoms with Gasteiger partial charge in [0.05, 0.1) is 11.2 Å². The fourth-order valence-electron chi connectivity index (χ4n) is 3.46. The fraction of sp³-hybridized carbons (Fsp3) is 0.333. The third kappa shape index (κ3) is 4.86. The Labute approximate surface area is 158 Å². The van der Waals surface area contributed by atoms with Gasteiger partial charge in [-0.1, -0.05) is 42.5 Å². The van der Waals surface area contributed by atoms with E-state index in [1.165, 1.54) is 12.1 Å². The maximum Gasteiger partial charge on any atom is 0.335 e. The molecule has 1 aliphatic carbocycles. The predicted molar refractivity (Wildman–Crippen MR) is 101 cm³/mol. The molecule has 0 atom stereocenters. The molecule has 4 N–H and O–H groups in total. The van der Waals surface area contributed by atoms with Crippen LogP contribution in [0.4, 0.5) is 4.79 Å². The standard InChI is InChI=1S/C21H24N2O4/c24-19(25)16-8-6-15(7-9-16)14-22-20(26)23-18-10-12-21(27,13-11-18)17-4-2-1-3-5-17/h1-9,18,27H,10-14H2,(H,24,25)(H2,22,23,26). The van der Waals surface area contributed by atoms with Crippen LogP contribution in [-0.2, 0) is 12.1 Å². The lowest BCUT2D eigenvalue weighted by molar-refractivity contribution is -0.00733. The smallest absolute Gasteiger partial charge is 0.335 e. The summed E-state index contributed by atoms with van der Waals surface area (Å²) in [5.41, 5.74) is 1.16. The number of hydrogen-bond donors (Lipinski definition) is 4. The van der Waals surface area contributed by atoms with E-state index in [1.807, 2.05) is 30.3 Å². The molecule has 6 heteroatoms. The van der Waals surface area contributed by atoms with Crippen molar-refractivity contribution >= 4 is 12.0 Å². The Balaban J connectivity index is 1.45. The largest absolute Gasteiger partial charge is 0.478 e. The highest BCUT2D eigenvalue weighted by atomic mass is 16.4. The summed E-state index contributed by atoms with van der Waals surface area (Å²) in [5.74, 6) is -0.972. The van der Waals surface area contributed by atoms with E-state index in [0.717, 1.165) is 11.1 Å². The fourth-order valence-corrected chi connectivity index (χ4v) is 3.46. The van der Waals surface area contributed by atoms with E-state index in [9.17, 15) is 14.7 Å². The molecule has 142 valence electrons. The highest BCUT2D eigenvalue weighted by molar-refractivity contribution is 5.87. The first-order chi connectivity index (χ1) is 13.0. The average molecular weight is 368 g/mol. The molecule has 0 radical (unpaired) electrons. The molecule has 0 spiro atoms. The molecular weight excluding hydrogens is 344 g/mol. The first kappa shape index (κ1) is 18.9. The third-order valence-corrected chi connectivity index (χ3v) is 5.11. The molecule has 1 aliphatic rings. The molecule has 27 heavy (non-hydrogen) atoms. The molecular formula is C21H24N2O4. The van der Waals surface area contributed by atoms with Crippen molar-refractivity contribution in [1.29, 1.82) is 0 Å².